The van der Waals surface area contributed by atoms with Gasteiger partial charge in [0.05, 0.1) is 0 Å². The average Bonchev–Trinajstić information content (AvgIpc) is 3.06. The van der Waals surface area contributed by atoms with Gasteiger partial charge in [0.15, 0.2) is 0 Å². The Bertz CT molecular complexity index is 1330. The minimum absolute atomic E-state index is 0.153. The fourth-order valence-electron chi connectivity index (χ4n) is 6.84. The van der Waals surface area contributed by atoms with E-state index in [4.69, 9.17) is 9.47 Å². The number of rotatable bonds is 11. The molecule has 0 radical (unpaired) electrons. The van der Waals surface area contributed by atoms with E-state index in [1.165, 1.54) is 11.1 Å². The molecular formula is C38H44O4Se. The number of hydrogen-bond acceptors (Lipinski definition) is 4. The molecule has 2 saturated carbocycles. The van der Waals surface area contributed by atoms with E-state index in [2.05, 4.69) is 43.0 Å². The van der Waals surface area contributed by atoms with Crippen molar-refractivity contribution < 1.29 is 19.1 Å². The molecular weight excluding hydrogens is 599 g/mol. The molecule has 4 nitrogen and oxygen atoms in total. The molecule has 0 aliphatic heterocycles. The molecule has 3 aromatic carbocycles. The summed E-state index contributed by atoms with van der Waals surface area (Å²) >= 11 is -0.389. The standard InChI is InChI=1S/C38H44O4Se/c1-3-27-38(43-31-21-11-6-12-22-31,37(40)42-35-26-16-14-24-33(35)30-19-9-5-10-20-30)28(2)36(39)41-34-25-15-13-23-32(34)29-17-7-4-8-18-29/h3-12,17-22,28,32-35H,1,13-16,23-27H2,2H3/t28-,32-,33-,34+,35+,38?/m0/s1. The molecule has 2 aliphatic carbocycles. The molecule has 5 rings (SSSR count). The van der Waals surface area contributed by atoms with E-state index < -0.39 is 10.2 Å². The van der Waals surface area contributed by atoms with E-state index >= 15 is 0 Å². The van der Waals surface area contributed by atoms with Crippen LogP contribution in [0.2, 0.25) is 4.31 Å². The van der Waals surface area contributed by atoms with Gasteiger partial charge < -0.3 is 0 Å². The zero-order valence-corrected chi connectivity index (χ0v) is 26.9. The third kappa shape index (κ3) is 7.51. The van der Waals surface area contributed by atoms with Crippen molar-refractivity contribution in [3.63, 3.8) is 0 Å². The van der Waals surface area contributed by atoms with Crippen LogP contribution >= 0.6 is 0 Å². The molecule has 0 amide bonds. The Morgan fingerprint density at radius 1 is 0.767 bits per heavy atom. The second-order valence-corrected chi connectivity index (χ2v) is 15.0. The summed E-state index contributed by atoms with van der Waals surface area (Å²) in [6, 6.07) is 30.8. The minimum atomic E-state index is -1.07. The van der Waals surface area contributed by atoms with E-state index in [-0.39, 0.29) is 50.9 Å². The molecule has 0 N–H and O–H groups in total. The molecule has 0 saturated heterocycles. The van der Waals surface area contributed by atoms with E-state index in [9.17, 15) is 9.59 Å². The summed E-state index contributed by atoms with van der Waals surface area (Å²) in [6.07, 6.45) is 9.65. The fraction of sp³-hybridized carbons (Fsp3) is 0.421. The van der Waals surface area contributed by atoms with Crippen molar-refractivity contribution in [1.29, 1.82) is 0 Å². The molecule has 3 aromatic rings. The van der Waals surface area contributed by atoms with E-state index in [1.54, 1.807) is 6.08 Å². The maximum atomic E-state index is 14.6. The van der Waals surface area contributed by atoms with Crippen LogP contribution in [0.4, 0.5) is 0 Å². The first-order valence-corrected chi connectivity index (χ1v) is 17.6. The molecule has 0 bridgehead atoms. The fourth-order valence-corrected chi connectivity index (χ4v) is 9.61. The first-order chi connectivity index (χ1) is 21.0. The second kappa shape index (κ2) is 15.0. The van der Waals surface area contributed by atoms with Crippen LogP contribution in [-0.2, 0) is 19.1 Å². The third-order valence-electron chi connectivity index (χ3n) is 9.28. The Morgan fingerprint density at radius 3 is 1.74 bits per heavy atom. The van der Waals surface area contributed by atoms with Crippen molar-refractivity contribution in [2.75, 3.05) is 0 Å². The Kier molecular flexibility index (Phi) is 10.9. The first-order valence-electron chi connectivity index (χ1n) is 15.9. The Labute approximate surface area is 263 Å². The van der Waals surface area contributed by atoms with Crippen molar-refractivity contribution in [3.05, 3.63) is 115 Å². The van der Waals surface area contributed by atoms with Crippen molar-refractivity contribution in [3.8, 4) is 0 Å². The summed E-state index contributed by atoms with van der Waals surface area (Å²) in [5.74, 6) is -0.971. The van der Waals surface area contributed by atoms with Gasteiger partial charge in [0.2, 0.25) is 0 Å². The van der Waals surface area contributed by atoms with Crippen LogP contribution in [0, 0.1) is 5.92 Å². The summed E-state index contributed by atoms with van der Waals surface area (Å²) < 4.78 is 12.9. The van der Waals surface area contributed by atoms with Crippen LogP contribution in [0.15, 0.2) is 104 Å². The quantitative estimate of drug-likeness (QED) is 0.121. The molecule has 6 atom stereocenters. The molecule has 43 heavy (non-hydrogen) atoms. The summed E-state index contributed by atoms with van der Waals surface area (Å²) in [4.78, 5) is 28.7. The van der Waals surface area contributed by atoms with Gasteiger partial charge in [-0.15, -0.1) is 0 Å². The van der Waals surface area contributed by atoms with Gasteiger partial charge >= 0.3 is 264 Å². The van der Waals surface area contributed by atoms with Crippen molar-refractivity contribution >= 4 is 31.4 Å². The van der Waals surface area contributed by atoms with E-state index in [1.807, 2.05) is 61.5 Å². The SMILES string of the molecule is C=CCC([Se]c1ccccc1)(C(=O)O[C@@H]1CCCC[C@H]1c1ccccc1)[C@@H](C)C(=O)O[C@@H]1CCCC[C@H]1c1ccccc1. The monoisotopic (exact) mass is 644 g/mol. The Morgan fingerprint density at radius 2 is 1.23 bits per heavy atom. The van der Waals surface area contributed by atoms with E-state index in [0.29, 0.717) is 6.42 Å². The van der Waals surface area contributed by atoms with Crippen LogP contribution in [0.5, 0.6) is 0 Å². The van der Waals surface area contributed by atoms with Gasteiger partial charge in [-0.25, -0.2) is 0 Å². The second-order valence-electron chi connectivity index (χ2n) is 12.0. The van der Waals surface area contributed by atoms with Gasteiger partial charge in [-0.1, -0.05) is 0 Å². The predicted octanol–water partition coefficient (Wildman–Crippen LogP) is 7.93. The number of carbonyl (C=O) groups excluding carboxylic acids is 2. The van der Waals surface area contributed by atoms with Crippen molar-refractivity contribution in [2.45, 2.75) is 93.1 Å². The topological polar surface area (TPSA) is 52.6 Å². The van der Waals surface area contributed by atoms with Crippen LogP contribution < -0.4 is 4.46 Å². The summed E-state index contributed by atoms with van der Waals surface area (Å²) in [5, 5.41) is 0. The molecule has 0 heterocycles. The molecule has 2 fully saturated rings. The number of esters is 2. The van der Waals surface area contributed by atoms with Gasteiger partial charge in [-0.2, -0.15) is 0 Å². The summed E-state index contributed by atoms with van der Waals surface area (Å²) in [6.45, 7) is 5.91. The maximum absolute atomic E-state index is 14.6. The van der Waals surface area contributed by atoms with E-state index in [0.717, 1.165) is 55.8 Å². The third-order valence-corrected chi connectivity index (χ3v) is 12.5. The first kappa shape index (κ1) is 31.3. The number of allylic oxidation sites excluding steroid dienone is 1. The van der Waals surface area contributed by atoms with Gasteiger partial charge in [-0.3, -0.25) is 0 Å². The number of benzene rings is 3. The molecule has 226 valence electrons. The van der Waals surface area contributed by atoms with Crippen molar-refractivity contribution in [2.24, 2.45) is 5.92 Å². The average molecular weight is 644 g/mol. The van der Waals surface area contributed by atoms with Crippen LogP contribution in [0.3, 0.4) is 0 Å². The molecule has 0 aromatic heterocycles. The van der Waals surface area contributed by atoms with Crippen LogP contribution in [0.25, 0.3) is 0 Å². The summed E-state index contributed by atoms with van der Waals surface area (Å²) in [5.41, 5.74) is 2.42. The van der Waals surface area contributed by atoms with Gasteiger partial charge in [0.1, 0.15) is 0 Å². The van der Waals surface area contributed by atoms with Crippen molar-refractivity contribution in [1.82, 2.24) is 0 Å². The van der Waals surface area contributed by atoms with Gasteiger partial charge in [-0.05, 0) is 0 Å². The molecule has 1 unspecified atom stereocenters. The van der Waals surface area contributed by atoms with Crippen LogP contribution in [-0.4, -0.2) is 39.1 Å². The summed E-state index contributed by atoms with van der Waals surface area (Å²) in [7, 11) is 0. The van der Waals surface area contributed by atoms with Gasteiger partial charge in [0, 0.05) is 0 Å². The predicted molar refractivity (Wildman–Crippen MR) is 174 cm³/mol. The molecule has 2 aliphatic rings. The normalized spacial score (nSPS) is 24.2. The zero-order valence-electron chi connectivity index (χ0n) is 25.2. The Balaban J connectivity index is 1.43. The molecule has 5 heteroatoms. The zero-order chi connectivity index (χ0) is 30.1. The van der Waals surface area contributed by atoms with Gasteiger partial charge in [0.25, 0.3) is 0 Å². The number of ether oxygens (including phenoxy) is 2. The molecule has 0 spiro atoms. The Hall–Kier alpha value is -3.14. The number of hydrogen-bond donors (Lipinski definition) is 0. The number of carbonyl (C=O) groups is 2. The van der Waals surface area contributed by atoms with Crippen LogP contribution in [0.1, 0.15) is 87.7 Å².